The first kappa shape index (κ1) is 33.7. The van der Waals surface area contributed by atoms with Gasteiger partial charge in [-0.05, 0) is 49.9 Å². The number of hydrogen-bond acceptors (Lipinski definition) is 5. The van der Waals surface area contributed by atoms with Crippen LogP contribution in [-0.4, -0.2) is 34.1 Å². The Balaban J connectivity index is 1.64. The number of nitrogens with one attached hydrogen (secondary N) is 3. The number of fused-ring (bicyclic) bond motifs is 1. The molecule has 3 N–H and O–H groups in total. The van der Waals surface area contributed by atoms with Gasteiger partial charge in [-0.15, -0.1) is 0 Å². The van der Waals surface area contributed by atoms with Crippen LogP contribution in [0.5, 0.6) is 5.75 Å². The number of allylic oxidation sites excluding steroid dienone is 2. The topological polar surface area (TPSA) is 97.3 Å². The molecule has 0 aliphatic heterocycles. The molecule has 1 aliphatic carbocycles. The molecule has 1 atom stereocenters. The third-order valence-corrected chi connectivity index (χ3v) is 7.44. The second kappa shape index (κ2) is 12.6. The maximum Gasteiger partial charge on any atom is 0.418 e. The Morgan fingerprint density at radius 3 is 2.36 bits per heavy atom. The van der Waals surface area contributed by atoms with E-state index in [4.69, 9.17) is 4.74 Å². The number of carbonyl (C=O) groups is 2. The summed E-state index contributed by atoms with van der Waals surface area (Å²) in [6, 6.07) is 6.46. The van der Waals surface area contributed by atoms with Gasteiger partial charge in [0.05, 0.1) is 40.4 Å². The van der Waals surface area contributed by atoms with Gasteiger partial charge in [-0.25, -0.2) is 4.98 Å². The highest BCUT2D eigenvalue weighted by atomic mass is 19.4. The Hall–Kier alpha value is -4.23. The van der Waals surface area contributed by atoms with Crippen LogP contribution in [-0.2, 0) is 24.6 Å². The van der Waals surface area contributed by atoms with Gasteiger partial charge in [0.1, 0.15) is 5.75 Å². The van der Waals surface area contributed by atoms with Crippen molar-refractivity contribution in [1.82, 2.24) is 20.2 Å². The van der Waals surface area contributed by atoms with E-state index in [2.05, 4.69) is 20.9 Å². The fourth-order valence-electron chi connectivity index (χ4n) is 4.86. The molecular weight excluding hydrogens is 604 g/mol. The van der Waals surface area contributed by atoms with Gasteiger partial charge in [-0.1, -0.05) is 32.9 Å². The Bertz CT molecular complexity index is 1620. The first-order valence-corrected chi connectivity index (χ1v) is 14.3. The van der Waals surface area contributed by atoms with E-state index in [-0.39, 0.29) is 66.8 Å². The van der Waals surface area contributed by atoms with E-state index in [9.17, 15) is 35.9 Å². The van der Waals surface area contributed by atoms with Crippen molar-refractivity contribution >= 4 is 34.5 Å². The average Bonchev–Trinajstić information content (AvgIpc) is 3.24. The van der Waals surface area contributed by atoms with Crippen molar-refractivity contribution in [2.45, 2.75) is 65.9 Å². The number of nitrogens with zero attached hydrogens (tertiary/aromatic N) is 2. The van der Waals surface area contributed by atoms with Crippen molar-refractivity contribution < 1.29 is 40.7 Å². The summed E-state index contributed by atoms with van der Waals surface area (Å²) in [6.07, 6.45) is -7.99. The van der Waals surface area contributed by atoms with Crippen LogP contribution < -0.4 is 20.7 Å². The van der Waals surface area contributed by atoms with Gasteiger partial charge in [0.25, 0.3) is 5.91 Å². The number of amides is 2. The maximum absolute atomic E-state index is 14.0. The van der Waals surface area contributed by atoms with Gasteiger partial charge in [-0.2, -0.15) is 26.3 Å². The third kappa shape index (κ3) is 7.90. The molecule has 3 aromatic rings. The van der Waals surface area contributed by atoms with Crippen molar-refractivity contribution in [3.63, 3.8) is 0 Å². The normalized spacial score (nSPS) is 15.9. The molecule has 2 aromatic carbocycles. The minimum absolute atomic E-state index is 0.00887. The van der Waals surface area contributed by atoms with E-state index in [1.54, 1.807) is 34.7 Å². The summed E-state index contributed by atoms with van der Waals surface area (Å²) >= 11 is 0. The van der Waals surface area contributed by atoms with Crippen LogP contribution in [0.2, 0.25) is 0 Å². The van der Waals surface area contributed by atoms with E-state index in [1.165, 1.54) is 34.9 Å². The van der Waals surface area contributed by atoms with E-state index >= 15 is 0 Å². The molecule has 244 valence electrons. The molecule has 0 fully saturated rings. The minimum Gasteiger partial charge on any atom is -0.493 e. The molecule has 45 heavy (non-hydrogen) atoms. The van der Waals surface area contributed by atoms with Crippen molar-refractivity contribution in [2.75, 3.05) is 11.9 Å². The highest BCUT2D eigenvalue weighted by Gasteiger charge is 2.40. The number of carbonyl (C=O) groups excluding carboxylic acids is 2. The second-order valence-electron chi connectivity index (χ2n) is 11.9. The number of halogens is 6. The summed E-state index contributed by atoms with van der Waals surface area (Å²) in [6.45, 7) is 7.07. The van der Waals surface area contributed by atoms with Crippen molar-refractivity contribution in [3.05, 3.63) is 58.8 Å². The van der Waals surface area contributed by atoms with Crippen LogP contribution in [0.25, 0.3) is 11.0 Å². The number of alkyl halides is 6. The Labute approximate surface area is 256 Å². The average molecular weight is 640 g/mol. The zero-order valence-corrected chi connectivity index (χ0v) is 25.5. The highest BCUT2D eigenvalue weighted by Crippen LogP contribution is 2.38. The quantitative estimate of drug-likeness (QED) is 0.224. The number of aryl methyl sites for hydroxylation is 1. The van der Waals surface area contributed by atoms with Crippen molar-refractivity contribution in [1.29, 1.82) is 0 Å². The molecule has 1 heterocycles. The number of anilines is 2. The van der Waals surface area contributed by atoms with Crippen LogP contribution in [0.1, 0.15) is 68.4 Å². The number of benzene rings is 2. The fourth-order valence-corrected chi connectivity index (χ4v) is 4.86. The van der Waals surface area contributed by atoms with Crippen LogP contribution in [0, 0.1) is 11.3 Å². The van der Waals surface area contributed by atoms with Crippen molar-refractivity contribution in [3.8, 4) is 5.75 Å². The highest BCUT2D eigenvalue weighted by molar-refractivity contribution is 6.01. The number of hydrogen-bond donors (Lipinski definition) is 3. The number of imidazole rings is 1. The molecule has 0 bridgehead atoms. The lowest BCUT2D eigenvalue weighted by Crippen LogP contribution is -2.34. The van der Waals surface area contributed by atoms with Gasteiger partial charge in [-0.3, -0.25) is 9.59 Å². The van der Waals surface area contributed by atoms with Gasteiger partial charge in [0.15, 0.2) is 0 Å². The summed E-state index contributed by atoms with van der Waals surface area (Å²) < 4.78 is 88.2. The maximum atomic E-state index is 14.0. The smallest absolute Gasteiger partial charge is 0.418 e. The monoisotopic (exact) mass is 639 g/mol. The van der Waals surface area contributed by atoms with Crippen LogP contribution in [0.4, 0.5) is 38.0 Å². The molecule has 0 radical (unpaired) electrons. The summed E-state index contributed by atoms with van der Waals surface area (Å²) in [5.41, 5.74) is -0.324. The molecule has 0 spiro atoms. The largest absolute Gasteiger partial charge is 0.493 e. The zero-order chi connectivity index (χ0) is 33.3. The lowest BCUT2D eigenvalue weighted by molar-refractivity contribution is -0.176. The standard InChI is InChI=1S/C31H35F6N5O3/c1-6-45-25-15-24-23(14-20(25)26(43)39-19-10-8-18(9-11-19)30(32,33)34)41-28(42(24)5)40-22-13-17(7-12-21(22)31(35,36)37)16-38-27(44)29(2,3)4/h7,10,12-15,18H,6,8-9,11,16H2,1-5H3,(H,38,44)(H,39,43)(H,40,41). The Morgan fingerprint density at radius 2 is 1.78 bits per heavy atom. The van der Waals surface area contributed by atoms with E-state index in [1.807, 2.05) is 0 Å². The molecule has 0 saturated heterocycles. The third-order valence-electron chi connectivity index (χ3n) is 7.44. The Kier molecular flexibility index (Phi) is 9.45. The fraction of sp³-hybridized carbons (Fsp3) is 0.452. The number of ether oxygens (including phenoxy) is 1. The summed E-state index contributed by atoms with van der Waals surface area (Å²) in [7, 11) is 1.58. The van der Waals surface area contributed by atoms with Gasteiger partial charge < -0.3 is 25.3 Å². The molecule has 4 rings (SSSR count). The molecule has 2 amide bonds. The summed E-state index contributed by atoms with van der Waals surface area (Å²) in [5.74, 6) is -2.12. The van der Waals surface area contributed by atoms with Gasteiger partial charge in [0.2, 0.25) is 11.9 Å². The predicted molar refractivity (Wildman–Crippen MR) is 157 cm³/mol. The lowest BCUT2D eigenvalue weighted by atomic mass is 9.92. The first-order valence-electron chi connectivity index (χ1n) is 14.3. The molecule has 0 saturated carbocycles. The van der Waals surface area contributed by atoms with E-state index < -0.39 is 35.2 Å². The van der Waals surface area contributed by atoms with Crippen molar-refractivity contribution in [2.24, 2.45) is 18.4 Å². The summed E-state index contributed by atoms with van der Waals surface area (Å²) in [5, 5.41) is 8.13. The van der Waals surface area contributed by atoms with E-state index in [0.29, 0.717) is 16.8 Å². The molecule has 1 aliphatic rings. The Morgan fingerprint density at radius 1 is 1.07 bits per heavy atom. The number of rotatable bonds is 8. The van der Waals surface area contributed by atoms with E-state index in [0.717, 1.165) is 6.07 Å². The van der Waals surface area contributed by atoms with Gasteiger partial charge >= 0.3 is 12.4 Å². The predicted octanol–water partition coefficient (Wildman–Crippen LogP) is 7.37. The summed E-state index contributed by atoms with van der Waals surface area (Å²) in [4.78, 5) is 29.9. The zero-order valence-electron chi connectivity index (χ0n) is 25.5. The van der Waals surface area contributed by atoms with Crippen LogP contribution in [0.3, 0.4) is 0 Å². The molecular formula is C31H35F6N5O3. The molecule has 1 unspecified atom stereocenters. The minimum atomic E-state index is -4.69. The molecule has 14 heteroatoms. The second-order valence-corrected chi connectivity index (χ2v) is 11.9. The molecule has 1 aromatic heterocycles. The first-order chi connectivity index (χ1) is 20.9. The molecule has 8 nitrogen and oxygen atoms in total. The lowest BCUT2D eigenvalue weighted by Gasteiger charge is -2.24. The van der Waals surface area contributed by atoms with Crippen LogP contribution in [0.15, 0.2) is 42.1 Å². The van der Waals surface area contributed by atoms with Gasteiger partial charge in [0, 0.05) is 30.8 Å². The number of aromatic nitrogens is 2. The van der Waals surface area contributed by atoms with Crippen LogP contribution >= 0.6 is 0 Å². The SMILES string of the molecule is CCOc1cc2c(cc1C(=O)NC1=CCC(C(F)(F)F)CC1)nc(Nc1cc(CNC(=O)C(C)(C)C)ccc1C(F)(F)F)n2C.